The third-order valence-electron chi connectivity index (χ3n) is 9.35. The largest absolute Gasteiger partial charge is 0.394 e. The summed E-state index contributed by atoms with van der Waals surface area (Å²) in [5.41, 5.74) is 48.8. The molecule has 7 atom stereocenters. The second kappa shape index (κ2) is 30.3. The molecule has 1 aliphatic rings. The molecule has 362 valence electrons. The minimum atomic E-state index is -1.68. The SMILES string of the molecule is NC(=O)[C@H](CO)NC(=O)[C@H](CO)NC(=O)[C@H](CCCN=C(N)N)NC(=O)[C@H](CCCN=C(N)N)NC(=O)[C@H](CCCN=C(N)N)NC(=O)[C@H](CCCN=C(N)N)NC(=O)[C@@H]1CCCN1. The average molecular weight is 913 g/mol. The van der Waals surface area contributed by atoms with E-state index in [4.69, 9.17) is 51.6 Å². The molecule has 0 radical (unpaired) electrons. The fourth-order valence-electron chi connectivity index (χ4n) is 6.03. The number of hydrogen-bond donors (Lipinski definition) is 18. The van der Waals surface area contributed by atoms with Crippen LogP contribution in [0.2, 0.25) is 0 Å². The number of guanidine groups is 4. The maximum Gasteiger partial charge on any atom is 0.245 e. The summed E-state index contributed by atoms with van der Waals surface area (Å²) < 4.78 is 0. The third-order valence-corrected chi connectivity index (χ3v) is 9.35. The van der Waals surface area contributed by atoms with E-state index in [0.29, 0.717) is 13.0 Å². The van der Waals surface area contributed by atoms with Crippen LogP contribution in [0.5, 0.6) is 0 Å². The van der Waals surface area contributed by atoms with Gasteiger partial charge in [-0.25, -0.2) is 0 Å². The maximum atomic E-state index is 14.1. The number of nitrogens with two attached hydrogens (primary N) is 9. The van der Waals surface area contributed by atoms with Gasteiger partial charge < -0.3 is 99.0 Å². The van der Waals surface area contributed by atoms with E-state index >= 15 is 0 Å². The summed E-state index contributed by atoms with van der Waals surface area (Å²) in [6.45, 7) is -0.993. The third kappa shape index (κ3) is 22.9. The zero-order valence-electron chi connectivity index (χ0n) is 35.8. The Morgan fingerprint density at radius 1 is 0.469 bits per heavy atom. The van der Waals surface area contributed by atoms with Crippen LogP contribution in [-0.2, 0) is 33.6 Å². The number of carbonyl (C=O) groups excluding carboxylic acids is 7. The molecule has 0 aromatic heterocycles. The molecule has 64 heavy (non-hydrogen) atoms. The average Bonchev–Trinajstić information content (AvgIpc) is 3.78. The van der Waals surface area contributed by atoms with Crippen molar-refractivity contribution in [3.63, 3.8) is 0 Å². The number of primary amides is 1. The van der Waals surface area contributed by atoms with Gasteiger partial charge in [-0.15, -0.1) is 0 Å². The topological polar surface area (TPSA) is 528 Å². The van der Waals surface area contributed by atoms with Crippen LogP contribution >= 0.6 is 0 Å². The summed E-state index contributed by atoms with van der Waals surface area (Å²) >= 11 is 0. The van der Waals surface area contributed by atoms with Crippen LogP contribution in [0, 0.1) is 0 Å². The molecule has 7 amide bonds. The van der Waals surface area contributed by atoms with Gasteiger partial charge in [-0.2, -0.15) is 0 Å². The monoisotopic (exact) mass is 913 g/mol. The summed E-state index contributed by atoms with van der Waals surface area (Å²) in [4.78, 5) is 109. The van der Waals surface area contributed by atoms with Crippen molar-refractivity contribution < 1.29 is 43.8 Å². The Morgan fingerprint density at radius 2 is 0.766 bits per heavy atom. The van der Waals surface area contributed by atoms with Crippen LogP contribution in [0.25, 0.3) is 0 Å². The normalized spacial score (nSPS) is 15.8. The van der Waals surface area contributed by atoms with Gasteiger partial charge in [0, 0.05) is 26.2 Å². The molecule has 0 saturated carbocycles. The number of carbonyl (C=O) groups is 7. The van der Waals surface area contributed by atoms with Crippen molar-refractivity contribution in [3.8, 4) is 0 Å². The van der Waals surface area contributed by atoms with Crippen molar-refractivity contribution in [2.24, 2.45) is 71.6 Å². The summed E-state index contributed by atoms with van der Waals surface area (Å²) in [5, 5.41) is 37.3. The molecule has 0 aromatic rings. The maximum absolute atomic E-state index is 14.1. The first-order valence-electron chi connectivity index (χ1n) is 20.6. The first-order valence-corrected chi connectivity index (χ1v) is 20.6. The smallest absolute Gasteiger partial charge is 0.245 e. The van der Waals surface area contributed by atoms with Crippen molar-refractivity contribution in [2.45, 2.75) is 107 Å². The van der Waals surface area contributed by atoms with E-state index in [2.05, 4.69) is 57.2 Å². The number of aliphatic hydroxyl groups is 2. The Kier molecular flexibility index (Phi) is 26.2. The number of rotatable bonds is 31. The lowest BCUT2D eigenvalue weighted by atomic mass is 10.0. The van der Waals surface area contributed by atoms with Gasteiger partial charge in [0.1, 0.15) is 36.3 Å². The Hall–Kier alpha value is -6.75. The molecule has 29 nitrogen and oxygen atoms in total. The summed E-state index contributed by atoms with van der Waals surface area (Å²) in [6, 6.07) is -9.06. The highest BCUT2D eigenvalue weighted by atomic mass is 16.3. The van der Waals surface area contributed by atoms with Gasteiger partial charge in [-0.05, 0) is 70.8 Å². The molecular formula is C35H68N20O9. The zero-order chi connectivity index (χ0) is 48.2. The molecule has 1 rings (SSSR count). The van der Waals surface area contributed by atoms with Crippen molar-refractivity contribution >= 4 is 65.2 Å². The Bertz CT molecular complexity index is 1660. The molecule has 0 aliphatic carbocycles. The molecular weight excluding hydrogens is 845 g/mol. The molecule has 1 saturated heterocycles. The van der Waals surface area contributed by atoms with Crippen molar-refractivity contribution in [2.75, 3.05) is 45.9 Å². The van der Waals surface area contributed by atoms with Gasteiger partial charge in [0.05, 0.1) is 19.3 Å². The van der Waals surface area contributed by atoms with Gasteiger partial charge >= 0.3 is 0 Å². The molecule has 29 heteroatoms. The number of nitrogens with one attached hydrogen (secondary N) is 7. The van der Waals surface area contributed by atoms with Crippen LogP contribution in [0.1, 0.15) is 64.2 Å². The first kappa shape index (κ1) is 55.3. The highest BCUT2D eigenvalue weighted by Crippen LogP contribution is 2.10. The standard InChI is InChI=1S/C35H68N20O9/c36-25(58)23(16-56)54-31(64)24(17-57)55-30(63)22(10-5-15-49-35(43)44)53-29(62)21(9-4-14-48-34(41)42)52-28(61)20(8-3-13-47-33(39)40)51-27(60)19(7-2-12-46-32(37)38)50-26(59)18-6-1-11-45-18/h18-24,45,56-57H,1-17H2,(H2,36,58)(H,50,59)(H,51,60)(H,52,61)(H,53,62)(H,54,64)(H,55,63)(H4,37,38,46)(H4,39,40,47)(H4,41,42,48)(H4,43,44,49)/t18-,19-,20-,21-,22-,23-,24-/m0/s1. The van der Waals surface area contributed by atoms with E-state index in [1.807, 2.05) is 0 Å². The summed E-state index contributed by atoms with van der Waals surface area (Å²) in [5.74, 6) is -6.91. The van der Waals surface area contributed by atoms with Gasteiger partial charge in [0.25, 0.3) is 0 Å². The number of nitrogens with zero attached hydrogens (tertiary/aromatic N) is 4. The molecule has 1 heterocycles. The van der Waals surface area contributed by atoms with E-state index in [0.717, 1.165) is 6.42 Å². The molecule has 0 spiro atoms. The lowest BCUT2D eigenvalue weighted by molar-refractivity contribution is -0.136. The number of amides is 7. The van der Waals surface area contributed by atoms with Crippen LogP contribution in [-0.4, -0.2) is 164 Å². The number of hydrogen-bond acceptors (Lipinski definition) is 14. The minimum absolute atomic E-state index is 0.00943. The fraction of sp³-hybridized carbons (Fsp3) is 0.686. The Labute approximate surface area is 369 Å². The van der Waals surface area contributed by atoms with Crippen LogP contribution in [0.4, 0.5) is 0 Å². The lowest BCUT2D eigenvalue weighted by Gasteiger charge is -2.27. The number of aliphatic imine (C=N–C) groups is 4. The predicted octanol–water partition coefficient (Wildman–Crippen LogP) is -9.67. The van der Waals surface area contributed by atoms with Crippen LogP contribution in [0.3, 0.4) is 0 Å². The minimum Gasteiger partial charge on any atom is -0.394 e. The molecule has 1 fully saturated rings. The van der Waals surface area contributed by atoms with E-state index in [9.17, 15) is 43.8 Å². The van der Waals surface area contributed by atoms with Crippen LogP contribution < -0.4 is 88.8 Å². The van der Waals surface area contributed by atoms with Gasteiger partial charge in [-0.1, -0.05) is 0 Å². The lowest BCUT2D eigenvalue weighted by Crippen LogP contribution is -2.60. The zero-order valence-corrected chi connectivity index (χ0v) is 35.8. The molecule has 0 aromatic carbocycles. The van der Waals surface area contributed by atoms with E-state index < -0.39 is 96.9 Å². The van der Waals surface area contributed by atoms with Gasteiger partial charge in [-0.3, -0.25) is 53.5 Å². The Morgan fingerprint density at radius 3 is 1.05 bits per heavy atom. The second-order valence-corrected chi connectivity index (χ2v) is 14.6. The van der Waals surface area contributed by atoms with Crippen molar-refractivity contribution in [1.29, 1.82) is 0 Å². The molecule has 0 unspecified atom stereocenters. The first-order chi connectivity index (χ1) is 30.3. The van der Waals surface area contributed by atoms with Gasteiger partial charge in [0.2, 0.25) is 41.4 Å². The number of aliphatic hydroxyl groups excluding tert-OH is 2. The quantitative estimate of drug-likeness (QED) is 0.0174. The Balaban J connectivity index is 3.51. The van der Waals surface area contributed by atoms with Crippen LogP contribution in [0.15, 0.2) is 20.0 Å². The summed E-state index contributed by atoms with van der Waals surface area (Å²) in [7, 11) is 0. The highest BCUT2D eigenvalue weighted by Gasteiger charge is 2.34. The molecule has 27 N–H and O–H groups in total. The van der Waals surface area contributed by atoms with E-state index in [1.165, 1.54) is 0 Å². The highest BCUT2D eigenvalue weighted by molar-refractivity contribution is 5.97. The predicted molar refractivity (Wildman–Crippen MR) is 236 cm³/mol. The second-order valence-electron chi connectivity index (χ2n) is 14.6. The van der Waals surface area contributed by atoms with Gasteiger partial charge in [0.15, 0.2) is 23.8 Å². The van der Waals surface area contributed by atoms with Crippen molar-refractivity contribution in [3.05, 3.63) is 0 Å². The fourth-order valence-corrected chi connectivity index (χ4v) is 6.03. The van der Waals surface area contributed by atoms with Crippen molar-refractivity contribution in [1.82, 2.24) is 37.2 Å². The summed E-state index contributed by atoms with van der Waals surface area (Å²) in [6.07, 6.45) is 1.75. The molecule has 1 aliphatic heterocycles. The molecule has 0 bridgehead atoms. The van der Waals surface area contributed by atoms with E-state index in [-0.39, 0.29) is 101 Å². The van der Waals surface area contributed by atoms with E-state index in [1.54, 1.807) is 0 Å².